The highest BCUT2D eigenvalue weighted by Gasteiger charge is 2.29. The zero-order valence-corrected chi connectivity index (χ0v) is 9.64. The Labute approximate surface area is 95.6 Å². The molecule has 1 aliphatic heterocycles. The van der Waals surface area contributed by atoms with Crippen molar-refractivity contribution in [1.82, 2.24) is 4.98 Å². The molecular formula is C9H10IN3O. The highest BCUT2D eigenvalue weighted by Crippen LogP contribution is 2.23. The van der Waals surface area contributed by atoms with E-state index in [0.717, 1.165) is 9.39 Å². The minimum Gasteiger partial charge on any atom is -0.326 e. The number of hydrogen-bond donors (Lipinski definition) is 1. The summed E-state index contributed by atoms with van der Waals surface area (Å²) in [6.45, 7) is 0.575. The van der Waals surface area contributed by atoms with E-state index in [4.69, 9.17) is 5.73 Å². The predicted molar refractivity (Wildman–Crippen MR) is 61.9 cm³/mol. The van der Waals surface area contributed by atoms with Crippen molar-refractivity contribution in [3.8, 4) is 0 Å². The third kappa shape index (κ3) is 1.74. The number of hydrogen-bond acceptors (Lipinski definition) is 3. The molecule has 1 fully saturated rings. The second-order valence-corrected chi connectivity index (χ2v) is 4.44. The first-order valence-electron chi connectivity index (χ1n) is 4.35. The number of pyridine rings is 1. The summed E-state index contributed by atoms with van der Waals surface area (Å²) in [5, 5.41) is 0. The van der Waals surface area contributed by atoms with Gasteiger partial charge in [-0.3, -0.25) is 9.69 Å². The van der Waals surface area contributed by atoms with Gasteiger partial charge >= 0.3 is 0 Å². The fourth-order valence-electron chi connectivity index (χ4n) is 1.52. The van der Waals surface area contributed by atoms with E-state index < -0.39 is 0 Å². The van der Waals surface area contributed by atoms with Crippen LogP contribution in [-0.4, -0.2) is 23.5 Å². The van der Waals surface area contributed by atoms with Gasteiger partial charge in [-0.2, -0.15) is 0 Å². The molecule has 1 aromatic rings. The molecule has 1 atom stereocenters. The minimum atomic E-state index is -0.0553. The predicted octanol–water partition coefficient (Wildman–Crippen LogP) is 0.750. The standard InChI is InChI=1S/C9H10IN3O/c10-7-2-1-3-12-9(7)13-5-6(11)4-8(13)14/h1-3,6H,4-5,11H2. The first-order valence-corrected chi connectivity index (χ1v) is 5.43. The number of amides is 1. The lowest BCUT2D eigenvalue weighted by Crippen LogP contribution is -2.29. The number of anilines is 1. The van der Waals surface area contributed by atoms with Crippen LogP contribution >= 0.6 is 22.6 Å². The molecule has 0 spiro atoms. The number of carbonyl (C=O) groups is 1. The van der Waals surface area contributed by atoms with E-state index in [-0.39, 0.29) is 11.9 Å². The Morgan fingerprint density at radius 3 is 3.00 bits per heavy atom. The number of halogens is 1. The van der Waals surface area contributed by atoms with E-state index in [1.807, 2.05) is 12.1 Å². The van der Waals surface area contributed by atoms with Crippen LogP contribution in [-0.2, 0) is 4.79 Å². The van der Waals surface area contributed by atoms with Crippen LogP contribution in [0.25, 0.3) is 0 Å². The van der Waals surface area contributed by atoms with Gasteiger partial charge in [-0.25, -0.2) is 4.98 Å². The molecule has 1 amide bonds. The number of nitrogens with zero attached hydrogens (tertiary/aromatic N) is 2. The summed E-state index contributed by atoms with van der Waals surface area (Å²) in [5.41, 5.74) is 5.71. The van der Waals surface area contributed by atoms with E-state index in [1.54, 1.807) is 11.1 Å². The Hall–Kier alpha value is -0.690. The van der Waals surface area contributed by atoms with Gasteiger partial charge in [0.15, 0.2) is 0 Å². The van der Waals surface area contributed by atoms with Crippen LogP contribution in [0.4, 0.5) is 5.82 Å². The molecule has 2 rings (SSSR count). The molecule has 5 heteroatoms. The van der Waals surface area contributed by atoms with Crippen molar-refractivity contribution in [3.05, 3.63) is 21.9 Å². The van der Waals surface area contributed by atoms with Crippen LogP contribution in [0.3, 0.4) is 0 Å². The topological polar surface area (TPSA) is 59.2 Å². The van der Waals surface area contributed by atoms with Crippen molar-refractivity contribution >= 4 is 34.3 Å². The Morgan fingerprint density at radius 1 is 1.64 bits per heavy atom. The molecule has 2 N–H and O–H groups in total. The molecule has 14 heavy (non-hydrogen) atoms. The number of carbonyl (C=O) groups excluding carboxylic acids is 1. The van der Waals surface area contributed by atoms with Crippen molar-refractivity contribution in [1.29, 1.82) is 0 Å². The molecule has 1 aromatic heterocycles. The van der Waals surface area contributed by atoms with E-state index in [9.17, 15) is 4.79 Å². The van der Waals surface area contributed by atoms with Crippen LogP contribution in [0.2, 0.25) is 0 Å². The average Bonchev–Trinajstić information content (AvgIpc) is 2.46. The molecule has 0 saturated carbocycles. The van der Waals surface area contributed by atoms with Crippen molar-refractivity contribution < 1.29 is 4.79 Å². The SMILES string of the molecule is NC1CC(=O)N(c2ncccc2I)C1. The first-order chi connectivity index (χ1) is 6.68. The second kappa shape index (κ2) is 3.82. The quantitative estimate of drug-likeness (QED) is 0.779. The van der Waals surface area contributed by atoms with Crippen LogP contribution in [0.5, 0.6) is 0 Å². The zero-order valence-electron chi connectivity index (χ0n) is 7.48. The van der Waals surface area contributed by atoms with Crippen LogP contribution in [0, 0.1) is 3.57 Å². The first kappa shape index (κ1) is 9.85. The summed E-state index contributed by atoms with van der Waals surface area (Å²) in [5.74, 6) is 0.792. The highest BCUT2D eigenvalue weighted by atomic mass is 127. The molecule has 1 aliphatic rings. The third-order valence-electron chi connectivity index (χ3n) is 2.15. The smallest absolute Gasteiger partial charge is 0.229 e. The summed E-state index contributed by atoms with van der Waals surface area (Å²) in [6, 6.07) is 3.73. The van der Waals surface area contributed by atoms with Gasteiger partial charge in [-0.1, -0.05) is 0 Å². The summed E-state index contributed by atoms with van der Waals surface area (Å²) in [7, 11) is 0. The highest BCUT2D eigenvalue weighted by molar-refractivity contribution is 14.1. The van der Waals surface area contributed by atoms with Gasteiger partial charge in [-0.05, 0) is 34.7 Å². The largest absolute Gasteiger partial charge is 0.326 e. The number of nitrogens with two attached hydrogens (primary N) is 1. The molecule has 1 unspecified atom stereocenters. The van der Waals surface area contributed by atoms with Crippen molar-refractivity contribution in [3.63, 3.8) is 0 Å². The van der Waals surface area contributed by atoms with Gasteiger partial charge in [0.1, 0.15) is 5.82 Å². The molecular weight excluding hydrogens is 293 g/mol. The average molecular weight is 303 g/mol. The van der Waals surface area contributed by atoms with Gasteiger partial charge in [0.05, 0.1) is 3.57 Å². The van der Waals surface area contributed by atoms with Crippen LogP contribution < -0.4 is 10.6 Å². The fourth-order valence-corrected chi connectivity index (χ4v) is 2.15. The summed E-state index contributed by atoms with van der Waals surface area (Å²) in [4.78, 5) is 17.4. The maximum absolute atomic E-state index is 11.5. The Kier molecular flexibility index (Phi) is 2.69. The maximum atomic E-state index is 11.5. The van der Waals surface area contributed by atoms with Gasteiger partial charge < -0.3 is 5.73 Å². The van der Waals surface area contributed by atoms with Gasteiger partial charge in [0.25, 0.3) is 0 Å². The summed E-state index contributed by atoms with van der Waals surface area (Å²) >= 11 is 2.17. The van der Waals surface area contributed by atoms with Crippen molar-refractivity contribution in [2.45, 2.75) is 12.5 Å². The monoisotopic (exact) mass is 303 g/mol. The van der Waals surface area contributed by atoms with Crippen molar-refractivity contribution in [2.75, 3.05) is 11.4 Å². The lowest BCUT2D eigenvalue weighted by Gasteiger charge is -2.15. The maximum Gasteiger partial charge on any atom is 0.229 e. The molecule has 2 heterocycles. The molecule has 0 bridgehead atoms. The Morgan fingerprint density at radius 2 is 2.43 bits per heavy atom. The Bertz CT molecular complexity index is 369. The summed E-state index contributed by atoms with van der Waals surface area (Å²) < 4.78 is 0.979. The van der Waals surface area contributed by atoms with Crippen LogP contribution in [0.1, 0.15) is 6.42 Å². The van der Waals surface area contributed by atoms with E-state index in [2.05, 4.69) is 27.6 Å². The van der Waals surface area contributed by atoms with Crippen LogP contribution in [0.15, 0.2) is 18.3 Å². The lowest BCUT2D eigenvalue weighted by atomic mass is 10.3. The molecule has 4 nitrogen and oxygen atoms in total. The molecule has 0 radical (unpaired) electrons. The van der Waals surface area contributed by atoms with E-state index in [1.165, 1.54) is 0 Å². The fraction of sp³-hybridized carbons (Fsp3) is 0.333. The van der Waals surface area contributed by atoms with E-state index >= 15 is 0 Å². The Balaban J connectivity index is 2.32. The van der Waals surface area contributed by atoms with Gasteiger partial charge in [0.2, 0.25) is 5.91 Å². The summed E-state index contributed by atoms with van der Waals surface area (Å²) in [6.07, 6.45) is 2.11. The van der Waals surface area contributed by atoms with Gasteiger partial charge in [0, 0.05) is 25.2 Å². The number of aromatic nitrogens is 1. The zero-order chi connectivity index (χ0) is 10.1. The van der Waals surface area contributed by atoms with E-state index in [0.29, 0.717) is 13.0 Å². The molecule has 1 saturated heterocycles. The molecule has 0 aromatic carbocycles. The minimum absolute atomic E-state index is 0.0553. The normalized spacial score (nSPS) is 21.7. The lowest BCUT2D eigenvalue weighted by molar-refractivity contribution is -0.117. The van der Waals surface area contributed by atoms with Crippen molar-refractivity contribution in [2.24, 2.45) is 5.73 Å². The second-order valence-electron chi connectivity index (χ2n) is 3.28. The molecule has 74 valence electrons. The van der Waals surface area contributed by atoms with Gasteiger partial charge in [-0.15, -0.1) is 0 Å². The third-order valence-corrected chi connectivity index (χ3v) is 2.99. The number of rotatable bonds is 1. The molecule has 0 aliphatic carbocycles.